The van der Waals surface area contributed by atoms with E-state index < -0.39 is 23.8 Å². The minimum Gasteiger partial charge on any atom is -0.493 e. The van der Waals surface area contributed by atoms with E-state index in [1.165, 1.54) is 25.6 Å². The number of amides is 3. The number of hydrogen-bond donors (Lipinski definition) is 3. The van der Waals surface area contributed by atoms with Gasteiger partial charge in [0.25, 0.3) is 17.7 Å². The molecule has 1 aliphatic carbocycles. The molecule has 3 amide bonds. The summed E-state index contributed by atoms with van der Waals surface area (Å²) in [7, 11) is 2.99. The van der Waals surface area contributed by atoms with E-state index in [-0.39, 0.29) is 11.6 Å². The first-order valence-corrected chi connectivity index (χ1v) is 13.4. The maximum atomic E-state index is 12.9. The topological polar surface area (TPSA) is 122 Å². The summed E-state index contributed by atoms with van der Waals surface area (Å²) in [5.74, 6) is 0.0242. The van der Waals surface area contributed by atoms with Gasteiger partial charge in [-0.1, -0.05) is 27.7 Å². The summed E-state index contributed by atoms with van der Waals surface area (Å²) in [5.41, 5.74) is 5.44. The molecule has 3 rings (SSSR count). The molecule has 10 nitrogen and oxygen atoms in total. The Morgan fingerprint density at radius 1 is 1.03 bits per heavy atom. The van der Waals surface area contributed by atoms with Gasteiger partial charge in [0.15, 0.2) is 16.6 Å². The second-order valence-corrected chi connectivity index (χ2v) is 10.8. The van der Waals surface area contributed by atoms with Crippen molar-refractivity contribution in [2.75, 3.05) is 25.7 Å². The molecular weight excluding hydrogens is 494 g/mol. The largest absolute Gasteiger partial charge is 0.493 e. The Morgan fingerprint density at radius 2 is 1.73 bits per heavy atom. The Hall–Kier alpha value is -3.34. The highest BCUT2D eigenvalue weighted by Crippen LogP contribution is 2.34. The Bertz CT molecular complexity index is 1100. The Morgan fingerprint density at radius 3 is 2.32 bits per heavy atom. The molecule has 37 heavy (non-hydrogen) atoms. The molecule has 1 heterocycles. The van der Waals surface area contributed by atoms with Crippen LogP contribution < -0.4 is 30.5 Å². The molecule has 0 aliphatic heterocycles. The second kappa shape index (κ2) is 12.8. The van der Waals surface area contributed by atoms with Gasteiger partial charge in [-0.2, -0.15) is 0 Å². The summed E-state index contributed by atoms with van der Waals surface area (Å²) in [5, 5.41) is 5.26. The van der Waals surface area contributed by atoms with Crippen molar-refractivity contribution < 1.29 is 23.9 Å². The second-order valence-electron chi connectivity index (χ2n) is 9.96. The fraction of sp³-hybridized carbons (Fsp3) is 0.538. The third-order valence-electron chi connectivity index (χ3n) is 5.79. The van der Waals surface area contributed by atoms with Crippen molar-refractivity contribution in [3.63, 3.8) is 0 Å². The van der Waals surface area contributed by atoms with E-state index in [1.54, 1.807) is 23.6 Å². The van der Waals surface area contributed by atoms with Gasteiger partial charge in [-0.3, -0.25) is 25.2 Å². The number of carbonyl (C=O) groups is 3. The molecule has 3 N–H and O–H groups in total. The molecule has 11 heteroatoms. The number of nitrogens with zero attached hydrogens (tertiary/aromatic N) is 2. The Labute approximate surface area is 222 Å². The van der Waals surface area contributed by atoms with Crippen molar-refractivity contribution >= 4 is 34.2 Å². The molecule has 0 unspecified atom stereocenters. The first kappa shape index (κ1) is 28.2. The Balaban J connectivity index is 1.62. The van der Waals surface area contributed by atoms with E-state index in [4.69, 9.17) is 9.47 Å². The monoisotopic (exact) mass is 531 g/mol. The van der Waals surface area contributed by atoms with Gasteiger partial charge >= 0.3 is 0 Å². The van der Waals surface area contributed by atoms with Gasteiger partial charge in [0.2, 0.25) is 0 Å². The number of hydrogen-bond acceptors (Lipinski definition) is 8. The molecule has 0 bridgehead atoms. The smallest absolute Gasteiger partial charge is 0.289 e. The van der Waals surface area contributed by atoms with Crippen LogP contribution in [0.2, 0.25) is 0 Å². The van der Waals surface area contributed by atoms with Gasteiger partial charge in [0.05, 0.1) is 14.2 Å². The fourth-order valence-electron chi connectivity index (χ4n) is 3.85. The van der Waals surface area contributed by atoms with Crippen molar-refractivity contribution in [3.8, 4) is 11.5 Å². The van der Waals surface area contributed by atoms with E-state index in [1.807, 2.05) is 13.8 Å². The molecule has 0 spiro atoms. The number of rotatable bonds is 12. The van der Waals surface area contributed by atoms with Gasteiger partial charge in [-0.25, -0.2) is 4.98 Å². The van der Waals surface area contributed by atoms with Gasteiger partial charge in [-0.15, -0.1) is 11.3 Å². The summed E-state index contributed by atoms with van der Waals surface area (Å²) in [6.07, 6.45) is 2.65. The lowest BCUT2D eigenvalue weighted by atomic mass is 10.0. The number of hydrazine groups is 1. The molecule has 0 radical (unpaired) electrons. The lowest BCUT2D eigenvalue weighted by Crippen LogP contribution is -2.52. The predicted molar refractivity (Wildman–Crippen MR) is 143 cm³/mol. The zero-order chi connectivity index (χ0) is 27.1. The molecule has 1 aromatic heterocycles. The molecule has 1 aliphatic rings. The standard InChI is InChI=1S/C26H37N5O5S/c1-15(2)11-19(27-23(32)17-7-10-21(35-5)22(12-17)36-6)24(33)29-30-25(34)20-14-37-26(28-20)31(13-16(3)4)18-8-9-18/h7,10,12,14-16,18-19H,8-9,11,13H2,1-6H3,(H,27,32)(H,29,33)(H,30,34)/t19-/m0/s1. The van der Waals surface area contributed by atoms with E-state index in [2.05, 4.69) is 39.9 Å². The number of carbonyl (C=O) groups excluding carboxylic acids is 3. The highest BCUT2D eigenvalue weighted by Gasteiger charge is 2.32. The third-order valence-corrected chi connectivity index (χ3v) is 6.67. The molecular formula is C26H37N5O5S. The molecule has 0 saturated heterocycles. The maximum Gasteiger partial charge on any atom is 0.289 e. The van der Waals surface area contributed by atoms with Crippen LogP contribution in [0.25, 0.3) is 0 Å². The van der Waals surface area contributed by atoms with E-state index in [9.17, 15) is 14.4 Å². The number of thiazole rings is 1. The van der Waals surface area contributed by atoms with Crippen LogP contribution in [0.15, 0.2) is 23.6 Å². The van der Waals surface area contributed by atoms with Crippen LogP contribution in [0.5, 0.6) is 11.5 Å². The molecule has 1 saturated carbocycles. The molecule has 2 aromatic rings. The average molecular weight is 532 g/mol. The van der Waals surface area contributed by atoms with Gasteiger partial charge < -0.3 is 19.7 Å². The summed E-state index contributed by atoms with van der Waals surface area (Å²) >= 11 is 1.42. The third kappa shape index (κ3) is 7.82. The first-order valence-electron chi connectivity index (χ1n) is 12.5. The normalized spacial score (nSPS) is 13.7. The number of anilines is 1. The summed E-state index contributed by atoms with van der Waals surface area (Å²) in [6, 6.07) is 4.38. The fourth-order valence-corrected chi connectivity index (χ4v) is 4.74. The zero-order valence-electron chi connectivity index (χ0n) is 22.3. The van der Waals surface area contributed by atoms with Crippen molar-refractivity contribution in [2.24, 2.45) is 11.8 Å². The van der Waals surface area contributed by atoms with Crippen molar-refractivity contribution in [2.45, 2.75) is 59.0 Å². The number of benzene rings is 1. The number of methoxy groups -OCH3 is 2. The van der Waals surface area contributed by atoms with Crippen LogP contribution in [0.1, 0.15) is 67.8 Å². The van der Waals surface area contributed by atoms with Gasteiger partial charge in [0.1, 0.15) is 11.7 Å². The summed E-state index contributed by atoms with van der Waals surface area (Å²) in [4.78, 5) is 45.3. The summed E-state index contributed by atoms with van der Waals surface area (Å²) in [6.45, 7) is 9.09. The lowest BCUT2D eigenvalue weighted by Gasteiger charge is -2.23. The van der Waals surface area contributed by atoms with E-state index in [0.29, 0.717) is 35.4 Å². The van der Waals surface area contributed by atoms with Crippen LogP contribution >= 0.6 is 11.3 Å². The van der Waals surface area contributed by atoms with Crippen LogP contribution in [0, 0.1) is 11.8 Å². The Kier molecular flexibility index (Phi) is 9.73. The lowest BCUT2D eigenvalue weighted by molar-refractivity contribution is -0.124. The predicted octanol–water partition coefficient (Wildman–Crippen LogP) is 3.39. The number of aromatic nitrogens is 1. The van der Waals surface area contributed by atoms with E-state index >= 15 is 0 Å². The molecule has 1 aromatic carbocycles. The first-order chi connectivity index (χ1) is 17.6. The quantitative estimate of drug-likeness (QED) is 0.359. The molecule has 202 valence electrons. The van der Waals surface area contributed by atoms with Crippen molar-refractivity contribution in [3.05, 3.63) is 34.8 Å². The number of nitrogens with one attached hydrogen (secondary N) is 3. The maximum absolute atomic E-state index is 12.9. The average Bonchev–Trinajstić information content (AvgIpc) is 3.59. The summed E-state index contributed by atoms with van der Waals surface area (Å²) < 4.78 is 10.5. The van der Waals surface area contributed by atoms with Crippen LogP contribution in [-0.2, 0) is 4.79 Å². The molecule has 1 fully saturated rings. The SMILES string of the molecule is COc1ccc(C(=O)N[C@@H](CC(C)C)C(=O)NNC(=O)c2csc(N(CC(C)C)C3CC3)n2)cc1OC. The highest BCUT2D eigenvalue weighted by atomic mass is 32.1. The van der Waals surface area contributed by atoms with Crippen LogP contribution in [0.4, 0.5) is 5.13 Å². The van der Waals surface area contributed by atoms with Crippen LogP contribution in [0.3, 0.4) is 0 Å². The van der Waals surface area contributed by atoms with Crippen LogP contribution in [-0.4, -0.2) is 55.6 Å². The minimum atomic E-state index is -0.858. The van der Waals surface area contributed by atoms with E-state index in [0.717, 1.165) is 24.5 Å². The molecule has 1 atom stereocenters. The van der Waals surface area contributed by atoms with Gasteiger partial charge in [-0.05, 0) is 49.3 Å². The zero-order valence-corrected chi connectivity index (χ0v) is 23.1. The van der Waals surface area contributed by atoms with Gasteiger partial charge in [0, 0.05) is 23.5 Å². The highest BCUT2D eigenvalue weighted by molar-refractivity contribution is 7.14. The van der Waals surface area contributed by atoms with Crippen molar-refractivity contribution in [1.29, 1.82) is 0 Å². The minimum absolute atomic E-state index is 0.118. The van der Waals surface area contributed by atoms with Crippen molar-refractivity contribution in [1.82, 2.24) is 21.2 Å². The number of ether oxygens (including phenoxy) is 2.